The number of likely N-dealkylation sites (N-methyl/N-ethyl adjacent to an activating group) is 1. The number of nitrogens with one attached hydrogen (secondary N) is 15. The van der Waals surface area contributed by atoms with Crippen LogP contribution in [0.4, 0.5) is 0 Å². The predicted molar refractivity (Wildman–Crippen MR) is 521 cm³/mol. The maximum Gasteiger partial charge on any atom is 0.341 e. The number of aromatic amines is 1. The van der Waals surface area contributed by atoms with Gasteiger partial charge in [-0.1, -0.05) is 179 Å². The van der Waals surface area contributed by atoms with Crippen LogP contribution in [0, 0.1) is 29.6 Å². The third-order valence-corrected chi connectivity index (χ3v) is 25.6. The number of nitrogens with two attached hydrogens (primary N) is 4. The lowest BCUT2D eigenvalue weighted by Gasteiger charge is -2.31. The second-order valence-corrected chi connectivity index (χ2v) is 37.7. The first-order chi connectivity index (χ1) is 66.6. The molecule has 42 nitrogen and oxygen atoms in total. The van der Waals surface area contributed by atoms with E-state index in [1.54, 1.807) is 98.0 Å². The van der Waals surface area contributed by atoms with Crippen molar-refractivity contribution < 1.29 is 106 Å². The van der Waals surface area contributed by atoms with Gasteiger partial charge in [0.2, 0.25) is 94.5 Å². The summed E-state index contributed by atoms with van der Waals surface area (Å²) < 4.78 is 5.32. The molecule has 0 radical (unpaired) electrons. The van der Waals surface area contributed by atoms with E-state index in [1.165, 1.54) is 38.2 Å². The molecule has 140 heavy (non-hydrogen) atoms. The summed E-state index contributed by atoms with van der Waals surface area (Å²) in [6, 6.07) is 4.92. The normalized spacial score (nSPS) is 24.0. The summed E-state index contributed by atoms with van der Waals surface area (Å²) in [6.45, 7) is 12.2. The lowest BCUT2D eigenvalue weighted by molar-refractivity contribution is -0.142. The fourth-order valence-electron chi connectivity index (χ4n) is 16.2. The van der Waals surface area contributed by atoms with Gasteiger partial charge in [-0.15, -0.1) is 11.8 Å². The number of rotatable bonds is 31. The summed E-state index contributed by atoms with van der Waals surface area (Å²) in [6.07, 6.45) is 2.90. The van der Waals surface area contributed by atoms with Gasteiger partial charge in [-0.25, -0.2) is 4.79 Å². The summed E-state index contributed by atoms with van der Waals surface area (Å²) in [5.74, 6) is -22.6. The van der Waals surface area contributed by atoms with Crippen molar-refractivity contribution in [3.05, 3.63) is 126 Å². The third-order valence-electron chi connectivity index (χ3n) is 24.6. The van der Waals surface area contributed by atoms with Crippen LogP contribution in [0.3, 0.4) is 0 Å². The number of H-pyrrole nitrogens is 1. The summed E-state index contributed by atoms with van der Waals surface area (Å²) in [5, 5.41) is 68.3. The zero-order valence-corrected chi connectivity index (χ0v) is 81.8. The number of carboxylic acids is 2. The van der Waals surface area contributed by atoms with Crippen LogP contribution in [0.25, 0.3) is 22.0 Å². The van der Waals surface area contributed by atoms with E-state index in [4.69, 9.17) is 27.7 Å². The molecule has 1 aliphatic carbocycles. The molecular formula is C97H140N20O22S. The standard InChI is InChI=1S/C97H140N20O22S/c1-11-55(8)82-97(138)105-66(27-20-38-98)84(125)106-68(41-52(2)3)86(127)104-67(36-39-99)85(126)107-70(42-57-21-14-12-15-22-57)89(130)114-81(54(6)7)96(137)112-74(48-118)92(133)113-75(93(134)103-56(9)83(101)124)50-140-51-77(119)117(10)76(37-40-100)94(135)110-69(44-59-30-34-63(35-31-59)139-49-79(122)123)87(128)109-73(46-78(120)121)88(129)108-72(45-62-47-102-65-26-19-18-25-64(62)65)91(132)115-80(53(4)5)95(136)111-71(90(131)116-82)43-58-28-32-61(33-29-58)60-23-16-13-17-24-60/h13,16-19,23-26,28-35,47,52-57,66-76,80-82,102,118H,11-12,14-15,20-22,27,36-46,48-51,98-100H2,1-10H3,(H2,101,124)(H,103,134)(H,104,127)(H,105,138)(H,106,125)(H,107,126)(H,108,129)(H,109,128)(H,110,135)(H,111,136)(H,112,137)(H,113,133)(H,114,130)(H,115,132)(H,116,131)(H,120,121)(H,122,123)/t55?,56-,66-,67-,68+,69-,70-,71-,72-,73-,74-,75-,76-,80-,81-,82-/m0/s1. The van der Waals surface area contributed by atoms with E-state index in [2.05, 4.69) is 79.4 Å². The van der Waals surface area contributed by atoms with Gasteiger partial charge in [-0.2, -0.15) is 0 Å². The number of aliphatic hydroxyl groups excluding tert-OH is 1. The van der Waals surface area contributed by atoms with Crippen molar-refractivity contribution in [3.8, 4) is 16.9 Å². The van der Waals surface area contributed by atoms with Crippen LogP contribution in [-0.4, -0.2) is 274 Å². The second-order valence-electron chi connectivity index (χ2n) is 36.7. The molecule has 16 atom stereocenters. The number of hydrogen-bond donors (Lipinski definition) is 22. The van der Waals surface area contributed by atoms with Crippen LogP contribution in [0.15, 0.2) is 109 Å². The number of carbonyl (C=O) groups excluding carboxylic acids is 16. The van der Waals surface area contributed by atoms with E-state index in [1.807, 2.05) is 42.5 Å². The molecule has 5 aromatic rings. The van der Waals surface area contributed by atoms with Crippen molar-refractivity contribution in [3.63, 3.8) is 0 Å². The van der Waals surface area contributed by atoms with Gasteiger partial charge in [0.1, 0.15) is 96.4 Å². The molecule has 1 saturated carbocycles. The van der Waals surface area contributed by atoms with Crippen LogP contribution in [0.5, 0.6) is 5.75 Å². The van der Waals surface area contributed by atoms with Crippen molar-refractivity contribution in [1.82, 2.24) is 84.3 Å². The number of benzene rings is 4. The van der Waals surface area contributed by atoms with E-state index in [0.717, 1.165) is 35.3 Å². The number of nitrogens with zero attached hydrogens (tertiary/aromatic N) is 1. The van der Waals surface area contributed by atoms with Crippen LogP contribution >= 0.6 is 11.8 Å². The van der Waals surface area contributed by atoms with Gasteiger partial charge in [0, 0.05) is 49.2 Å². The minimum absolute atomic E-state index is 0.0230. The van der Waals surface area contributed by atoms with E-state index >= 15 is 28.8 Å². The lowest BCUT2D eigenvalue weighted by Crippen LogP contribution is -2.62. The Hall–Kier alpha value is -13.1. The number of primary amides is 1. The Kier molecular flexibility index (Phi) is 46.2. The van der Waals surface area contributed by atoms with Gasteiger partial charge in [0.15, 0.2) is 6.61 Å². The van der Waals surface area contributed by atoms with Gasteiger partial charge in [0.05, 0.1) is 18.8 Å². The molecule has 2 fully saturated rings. The van der Waals surface area contributed by atoms with Crippen molar-refractivity contribution in [1.29, 1.82) is 0 Å². The van der Waals surface area contributed by atoms with Gasteiger partial charge in [0.25, 0.3) is 0 Å². The summed E-state index contributed by atoms with van der Waals surface area (Å²) in [5.41, 5.74) is 27.2. The molecule has 16 amide bonds. The number of carboxylic acid groups (broad SMARTS) is 2. The van der Waals surface area contributed by atoms with Crippen molar-refractivity contribution in [2.45, 2.75) is 256 Å². The quantitative estimate of drug-likeness (QED) is 0.0265. The highest BCUT2D eigenvalue weighted by Gasteiger charge is 2.42. The molecule has 26 N–H and O–H groups in total. The molecule has 1 aliphatic heterocycles. The van der Waals surface area contributed by atoms with E-state index < -0.39 is 252 Å². The number of aliphatic carboxylic acids is 2. The minimum atomic E-state index is -2.10. The molecule has 2 heterocycles. The number of aromatic nitrogens is 1. The van der Waals surface area contributed by atoms with E-state index in [-0.39, 0.29) is 101 Å². The largest absolute Gasteiger partial charge is 0.482 e. The maximum atomic E-state index is 15.5. The Bertz CT molecular complexity index is 5060. The number of carbonyl (C=O) groups is 18. The second kappa shape index (κ2) is 56.8. The number of aliphatic hydroxyl groups is 1. The minimum Gasteiger partial charge on any atom is -0.482 e. The Morgan fingerprint density at radius 1 is 0.486 bits per heavy atom. The first kappa shape index (κ1) is 114. The smallest absolute Gasteiger partial charge is 0.341 e. The van der Waals surface area contributed by atoms with Gasteiger partial charge >= 0.3 is 11.9 Å². The Balaban J connectivity index is 1.34. The lowest BCUT2D eigenvalue weighted by atomic mass is 9.84. The highest BCUT2D eigenvalue weighted by Crippen LogP contribution is 2.29. The number of thioether (sulfide) groups is 1. The van der Waals surface area contributed by atoms with Crippen LogP contribution in [-0.2, 0) is 106 Å². The van der Waals surface area contributed by atoms with Gasteiger partial charge in [-0.05, 0) is 141 Å². The molecule has 0 bridgehead atoms. The van der Waals surface area contributed by atoms with Crippen molar-refractivity contribution in [2.24, 2.45) is 52.5 Å². The Morgan fingerprint density at radius 2 is 0.950 bits per heavy atom. The number of ether oxygens (including phenoxy) is 1. The van der Waals surface area contributed by atoms with Crippen molar-refractivity contribution >= 4 is 129 Å². The number of hydrogen-bond acceptors (Lipinski definition) is 24. The summed E-state index contributed by atoms with van der Waals surface area (Å²) in [7, 11) is 1.21. The van der Waals surface area contributed by atoms with Gasteiger partial charge < -0.3 is 127 Å². The Morgan fingerprint density at radius 3 is 1.51 bits per heavy atom. The van der Waals surface area contributed by atoms with Crippen LogP contribution < -0.4 is 102 Å². The van der Waals surface area contributed by atoms with Gasteiger partial charge in [-0.3, -0.25) is 81.5 Å². The molecule has 766 valence electrons. The first-order valence-corrected chi connectivity index (χ1v) is 48.7. The summed E-state index contributed by atoms with van der Waals surface area (Å²) in [4.78, 5) is 265. The molecule has 1 saturated heterocycles. The molecule has 43 heteroatoms. The predicted octanol–water partition coefficient (Wildman–Crippen LogP) is -0.529. The molecular weight excluding hydrogens is 1830 g/mol. The fourth-order valence-corrected chi connectivity index (χ4v) is 17.2. The van der Waals surface area contributed by atoms with E-state index in [0.29, 0.717) is 46.6 Å². The zero-order valence-electron chi connectivity index (χ0n) is 81.0. The average Bonchev–Trinajstić information content (AvgIpc) is 1.44. The maximum absolute atomic E-state index is 15.5. The monoisotopic (exact) mass is 1970 g/mol. The fraction of sp³-hybridized carbons (Fsp3) is 0.546. The van der Waals surface area contributed by atoms with Crippen molar-refractivity contribution in [2.75, 3.05) is 51.4 Å². The summed E-state index contributed by atoms with van der Waals surface area (Å²) >= 11 is 0.714. The highest BCUT2D eigenvalue weighted by molar-refractivity contribution is 8.00. The third kappa shape index (κ3) is 35.6. The molecule has 4 aromatic carbocycles. The average molecular weight is 1970 g/mol. The first-order valence-electron chi connectivity index (χ1n) is 47.5. The van der Waals surface area contributed by atoms with Crippen LogP contribution in [0.1, 0.15) is 162 Å². The number of para-hydroxylation sites is 1. The molecule has 2 aliphatic rings. The number of amides is 16. The van der Waals surface area contributed by atoms with Crippen LogP contribution in [0.2, 0.25) is 0 Å². The zero-order chi connectivity index (χ0) is 103. The molecule has 0 spiro atoms. The topological polar surface area (TPSA) is 669 Å². The molecule has 1 unspecified atom stereocenters. The van der Waals surface area contributed by atoms with E-state index in [9.17, 15) is 72.9 Å². The number of fused-ring (bicyclic) bond motifs is 1. The molecule has 1 aromatic heterocycles. The molecule has 7 rings (SSSR count). The SMILES string of the molecule is CCC(C)[C@@H]1NC(=O)[C@H](Cc2ccc(-c3ccccc3)cc2)NC(=O)[C@H](C(C)C)NC(=O)[C@H](Cc2c[nH]c3ccccc23)NC(=O)[C@H](CC(=O)O)NC(=O)[C@H](Cc2ccc(OCC(=O)O)cc2)NC(=O)[C@H](CCN)N(C)C(=O)CSC[C@@H](C(=O)N[C@@H](C)C(N)=O)NC(=O)[C@H](CO)NC(=O)[C@H](C(C)C)NC(=O)[C@H](CC2CCCCC2)NC(=O)[C@H](CCN)NC(=O)[C@@H](CC(C)C)NC(=O)[C@H](CCCN)NC1=O. The Labute approximate surface area is 818 Å². The highest BCUT2D eigenvalue weighted by atomic mass is 32.2.